The average molecular weight is 289 g/mol. The van der Waals surface area contributed by atoms with Gasteiger partial charge < -0.3 is 10.1 Å². The van der Waals surface area contributed by atoms with Gasteiger partial charge in [0.05, 0.1) is 18.5 Å². The predicted molar refractivity (Wildman–Crippen MR) is 79.5 cm³/mol. The molecule has 0 spiro atoms. The first kappa shape index (κ1) is 14.1. The topological polar surface area (TPSA) is 39.1 Å². The van der Waals surface area contributed by atoms with Crippen LogP contribution in [0.25, 0.3) is 5.69 Å². The van der Waals surface area contributed by atoms with E-state index < -0.39 is 0 Å². The van der Waals surface area contributed by atoms with E-state index in [2.05, 4.69) is 12.2 Å². The van der Waals surface area contributed by atoms with E-state index in [1.807, 2.05) is 4.57 Å². The highest BCUT2D eigenvalue weighted by atomic mass is 19.1. The molecular weight excluding hydrogens is 269 g/mol. The maximum atomic E-state index is 14.3. The Morgan fingerprint density at radius 1 is 1.43 bits per heavy atom. The molecule has 1 aromatic carbocycles. The van der Waals surface area contributed by atoms with Crippen LogP contribution in [0.15, 0.2) is 18.2 Å². The molecule has 0 saturated carbocycles. The van der Waals surface area contributed by atoms with Crippen molar-refractivity contribution in [3.63, 3.8) is 0 Å². The summed E-state index contributed by atoms with van der Waals surface area (Å²) >= 11 is 0. The van der Waals surface area contributed by atoms with Gasteiger partial charge in [-0.15, -0.1) is 0 Å². The summed E-state index contributed by atoms with van der Waals surface area (Å²) in [5.41, 5.74) is 2.68. The molecule has 0 fully saturated rings. The number of ether oxygens (including phenoxy) is 1. The molecule has 0 amide bonds. The lowest BCUT2D eigenvalue weighted by Gasteiger charge is -2.17. The first-order valence-electron chi connectivity index (χ1n) is 7.38. The fourth-order valence-electron chi connectivity index (χ4n) is 2.83. The fraction of sp³-hybridized carbons (Fsp3) is 0.438. The van der Waals surface area contributed by atoms with Crippen LogP contribution in [0.5, 0.6) is 5.75 Å². The number of imidazole rings is 1. The number of fused-ring (bicyclic) bond motifs is 1. The predicted octanol–water partition coefficient (Wildman–Crippen LogP) is 2.62. The monoisotopic (exact) mass is 289 g/mol. The van der Waals surface area contributed by atoms with Crippen molar-refractivity contribution < 1.29 is 9.13 Å². The molecule has 1 N–H and O–H groups in total. The molecule has 0 atom stereocenters. The van der Waals surface area contributed by atoms with E-state index in [9.17, 15) is 4.39 Å². The minimum absolute atomic E-state index is 0.244. The minimum Gasteiger partial charge on any atom is -0.497 e. The van der Waals surface area contributed by atoms with Crippen LogP contribution in [0.3, 0.4) is 0 Å². The van der Waals surface area contributed by atoms with Crippen molar-refractivity contribution in [2.45, 2.75) is 32.7 Å². The molecule has 5 heteroatoms. The van der Waals surface area contributed by atoms with Crippen molar-refractivity contribution >= 4 is 0 Å². The molecule has 1 aliphatic heterocycles. The first-order valence-corrected chi connectivity index (χ1v) is 7.38. The Balaban J connectivity index is 2.18. The van der Waals surface area contributed by atoms with Gasteiger partial charge in [0.1, 0.15) is 17.4 Å². The molecule has 0 unspecified atom stereocenters. The van der Waals surface area contributed by atoms with E-state index >= 15 is 0 Å². The zero-order chi connectivity index (χ0) is 14.8. The Bertz CT molecular complexity index is 651. The van der Waals surface area contributed by atoms with Gasteiger partial charge in [0.25, 0.3) is 0 Å². The molecule has 3 rings (SSSR count). The van der Waals surface area contributed by atoms with E-state index in [0.29, 0.717) is 11.4 Å². The van der Waals surface area contributed by atoms with Gasteiger partial charge in [-0.3, -0.25) is 4.57 Å². The largest absolute Gasteiger partial charge is 0.497 e. The Hall–Kier alpha value is -1.88. The molecule has 0 saturated heterocycles. The SMILES string of the molecule is CCCc1nc2c(n1-c1cc(OC)ccc1F)CCNC2. The average Bonchev–Trinajstić information content (AvgIpc) is 2.86. The number of rotatable bonds is 4. The van der Waals surface area contributed by atoms with Gasteiger partial charge in [0.2, 0.25) is 0 Å². The Morgan fingerprint density at radius 2 is 2.29 bits per heavy atom. The summed E-state index contributed by atoms with van der Waals surface area (Å²) in [6, 6.07) is 4.85. The lowest BCUT2D eigenvalue weighted by Crippen LogP contribution is -2.25. The Morgan fingerprint density at radius 3 is 3.05 bits per heavy atom. The number of hydrogen-bond donors (Lipinski definition) is 1. The normalized spacial score (nSPS) is 14.0. The van der Waals surface area contributed by atoms with Crippen LogP contribution in [0.1, 0.15) is 30.6 Å². The second-order valence-corrected chi connectivity index (χ2v) is 5.25. The summed E-state index contributed by atoms with van der Waals surface area (Å²) in [6.07, 6.45) is 2.68. The third kappa shape index (κ3) is 2.53. The van der Waals surface area contributed by atoms with E-state index in [0.717, 1.165) is 49.6 Å². The van der Waals surface area contributed by atoms with Crippen LogP contribution in [-0.2, 0) is 19.4 Å². The van der Waals surface area contributed by atoms with Gasteiger partial charge >= 0.3 is 0 Å². The molecule has 112 valence electrons. The van der Waals surface area contributed by atoms with Crippen LogP contribution in [-0.4, -0.2) is 23.2 Å². The number of hydrogen-bond acceptors (Lipinski definition) is 3. The smallest absolute Gasteiger partial charge is 0.147 e. The van der Waals surface area contributed by atoms with E-state index in [4.69, 9.17) is 9.72 Å². The highest BCUT2D eigenvalue weighted by Gasteiger charge is 2.22. The number of aromatic nitrogens is 2. The molecule has 2 aromatic rings. The summed E-state index contributed by atoms with van der Waals surface area (Å²) in [5.74, 6) is 1.34. The number of nitrogens with one attached hydrogen (secondary N) is 1. The van der Waals surface area contributed by atoms with Crippen LogP contribution in [0, 0.1) is 5.82 Å². The number of benzene rings is 1. The summed E-state index contributed by atoms with van der Waals surface area (Å²) in [4.78, 5) is 4.71. The van der Waals surface area contributed by atoms with Crippen LogP contribution in [0.4, 0.5) is 4.39 Å². The van der Waals surface area contributed by atoms with Crippen molar-refractivity contribution in [2.24, 2.45) is 0 Å². The van der Waals surface area contributed by atoms with Crippen molar-refractivity contribution in [3.8, 4) is 11.4 Å². The molecule has 1 aliphatic rings. The van der Waals surface area contributed by atoms with Crippen molar-refractivity contribution in [1.29, 1.82) is 0 Å². The van der Waals surface area contributed by atoms with Gasteiger partial charge in [0.15, 0.2) is 0 Å². The van der Waals surface area contributed by atoms with E-state index in [1.54, 1.807) is 19.2 Å². The zero-order valence-electron chi connectivity index (χ0n) is 12.4. The van der Waals surface area contributed by atoms with E-state index in [-0.39, 0.29) is 5.82 Å². The zero-order valence-corrected chi connectivity index (χ0v) is 12.4. The molecule has 21 heavy (non-hydrogen) atoms. The molecule has 0 aliphatic carbocycles. The molecule has 0 bridgehead atoms. The van der Waals surface area contributed by atoms with Gasteiger partial charge in [-0.05, 0) is 18.6 Å². The molecule has 0 radical (unpaired) electrons. The van der Waals surface area contributed by atoms with Crippen molar-refractivity contribution in [1.82, 2.24) is 14.9 Å². The van der Waals surface area contributed by atoms with Crippen LogP contribution >= 0.6 is 0 Å². The standard InChI is InChI=1S/C16H20FN3O/c1-3-4-16-19-13-10-18-8-7-14(13)20(16)15-9-11(21-2)5-6-12(15)17/h5-6,9,18H,3-4,7-8,10H2,1-2H3. The maximum Gasteiger partial charge on any atom is 0.147 e. The van der Waals surface area contributed by atoms with Crippen LogP contribution < -0.4 is 10.1 Å². The van der Waals surface area contributed by atoms with Crippen molar-refractivity contribution in [3.05, 3.63) is 41.2 Å². The highest BCUT2D eigenvalue weighted by Crippen LogP contribution is 2.27. The quantitative estimate of drug-likeness (QED) is 0.940. The lowest BCUT2D eigenvalue weighted by atomic mass is 10.1. The first-order chi connectivity index (χ1) is 10.2. The maximum absolute atomic E-state index is 14.3. The molecule has 2 heterocycles. The van der Waals surface area contributed by atoms with Gasteiger partial charge in [-0.25, -0.2) is 9.37 Å². The second kappa shape index (κ2) is 5.85. The summed E-state index contributed by atoms with van der Waals surface area (Å²) < 4.78 is 21.6. The number of methoxy groups -OCH3 is 1. The third-order valence-electron chi connectivity index (χ3n) is 3.82. The number of halogens is 1. The second-order valence-electron chi connectivity index (χ2n) is 5.25. The molecule has 1 aromatic heterocycles. The highest BCUT2D eigenvalue weighted by molar-refractivity contribution is 5.44. The van der Waals surface area contributed by atoms with E-state index in [1.165, 1.54) is 6.07 Å². The number of nitrogens with zero attached hydrogens (tertiary/aromatic N) is 2. The lowest BCUT2D eigenvalue weighted by molar-refractivity contribution is 0.413. The number of aryl methyl sites for hydroxylation is 1. The summed E-state index contributed by atoms with van der Waals surface area (Å²) in [6.45, 7) is 3.76. The van der Waals surface area contributed by atoms with Gasteiger partial charge in [-0.2, -0.15) is 0 Å². The van der Waals surface area contributed by atoms with Gasteiger partial charge in [0, 0.05) is 37.7 Å². The summed E-state index contributed by atoms with van der Waals surface area (Å²) in [5, 5.41) is 3.32. The Kier molecular flexibility index (Phi) is 3.92. The van der Waals surface area contributed by atoms with Gasteiger partial charge in [-0.1, -0.05) is 6.92 Å². The summed E-state index contributed by atoms with van der Waals surface area (Å²) in [7, 11) is 1.59. The van der Waals surface area contributed by atoms with Crippen LogP contribution in [0.2, 0.25) is 0 Å². The fourth-order valence-corrected chi connectivity index (χ4v) is 2.83. The minimum atomic E-state index is -0.244. The third-order valence-corrected chi connectivity index (χ3v) is 3.82. The molecular formula is C16H20FN3O. The Labute approximate surface area is 124 Å². The van der Waals surface area contributed by atoms with Crippen molar-refractivity contribution in [2.75, 3.05) is 13.7 Å². The molecule has 4 nitrogen and oxygen atoms in total.